The van der Waals surface area contributed by atoms with Gasteiger partial charge in [-0.1, -0.05) is 11.6 Å². The molecule has 1 heterocycles. The highest BCUT2D eigenvalue weighted by Gasteiger charge is 2.14. The van der Waals surface area contributed by atoms with E-state index in [4.69, 9.17) is 11.6 Å². The number of aryl methyl sites for hydroxylation is 1. The average molecular weight is 267 g/mol. The summed E-state index contributed by atoms with van der Waals surface area (Å²) in [7, 11) is 0. The van der Waals surface area contributed by atoms with Crippen molar-refractivity contribution in [2.45, 2.75) is 19.4 Å². The molecule has 1 unspecified atom stereocenters. The minimum absolute atomic E-state index is 0.0927. The van der Waals surface area contributed by atoms with Crippen LogP contribution in [0, 0.1) is 12.7 Å². The number of halogens is 2. The van der Waals surface area contributed by atoms with Crippen molar-refractivity contribution in [3.8, 4) is 0 Å². The lowest BCUT2D eigenvalue weighted by Gasteiger charge is -2.10. The fraction of sp³-hybridized carbons (Fsp3) is 0.231. The summed E-state index contributed by atoms with van der Waals surface area (Å²) in [4.78, 5) is 8.02. The normalized spacial score (nSPS) is 12.4. The standard InChI is InChI=1S/C13H12ClFN2O/c1-8-6-16-13(17-7-8)12(18)5-9-4-10(14)2-3-11(9)15/h2-4,6-7,12,18H,5H2,1H3. The van der Waals surface area contributed by atoms with Crippen molar-refractivity contribution in [1.29, 1.82) is 0 Å². The molecule has 1 aromatic carbocycles. The monoisotopic (exact) mass is 266 g/mol. The molecule has 0 aliphatic carbocycles. The minimum atomic E-state index is -0.946. The largest absolute Gasteiger partial charge is 0.385 e. The Bertz CT molecular complexity index is 545. The van der Waals surface area contributed by atoms with Gasteiger partial charge in [0.2, 0.25) is 0 Å². The first kappa shape index (κ1) is 12.9. The molecular formula is C13H12ClFN2O. The van der Waals surface area contributed by atoms with Crippen molar-refractivity contribution in [2.24, 2.45) is 0 Å². The molecule has 0 aliphatic heterocycles. The third kappa shape index (κ3) is 3.03. The predicted molar refractivity (Wildman–Crippen MR) is 66.8 cm³/mol. The van der Waals surface area contributed by atoms with Crippen LogP contribution in [0.5, 0.6) is 0 Å². The lowest BCUT2D eigenvalue weighted by molar-refractivity contribution is 0.167. The summed E-state index contributed by atoms with van der Waals surface area (Å²) in [6.45, 7) is 1.85. The van der Waals surface area contributed by atoms with Gasteiger partial charge in [-0.05, 0) is 36.2 Å². The first-order valence-corrected chi connectivity index (χ1v) is 5.84. The molecule has 2 aromatic rings. The van der Waals surface area contributed by atoms with Gasteiger partial charge in [0.1, 0.15) is 11.9 Å². The summed E-state index contributed by atoms with van der Waals surface area (Å²) in [5.41, 5.74) is 1.25. The highest BCUT2D eigenvalue weighted by molar-refractivity contribution is 6.30. The second-order valence-electron chi connectivity index (χ2n) is 4.07. The molecular weight excluding hydrogens is 255 g/mol. The maximum atomic E-state index is 13.5. The molecule has 1 N–H and O–H groups in total. The van der Waals surface area contributed by atoms with Crippen molar-refractivity contribution in [3.63, 3.8) is 0 Å². The quantitative estimate of drug-likeness (QED) is 0.929. The maximum Gasteiger partial charge on any atom is 0.157 e. The number of nitrogens with zero attached hydrogens (tertiary/aromatic N) is 2. The van der Waals surface area contributed by atoms with E-state index in [1.807, 2.05) is 6.92 Å². The van der Waals surface area contributed by atoms with Gasteiger partial charge >= 0.3 is 0 Å². The molecule has 1 aromatic heterocycles. The summed E-state index contributed by atoms with van der Waals surface area (Å²) in [6.07, 6.45) is 2.37. The van der Waals surface area contributed by atoms with Crippen LogP contribution in [0.2, 0.25) is 5.02 Å². The van der Waals surface area contributed by atoms with Gasteiger partial charge in [-0.2, -0.15) is 0 Å². The van der Waals surface area contributed by atoms with Crippen molar-refractivity contribution in [1.82, 2.24) is 9.97 Å². The van der Waals surface area contributed by atoms with E-state index < -0.39 is 11.9 Å². The molecule has 0 saturated heterocycles. The molecule has 0 aliphatic rings. The van der Waals surface area contributed by atoms with Gasteiger partial charge in [0.25, 0.3) is 0 Å². The third-order valence-corrected chi connectivity index (χ3v) is 2.76. The molecule has 94 valence electrons. The van der Waals surface area contributed by atoms with Crippen molar-refractivity contribution >= 4 is 11.6 Å². The first-order chi connectivity index (χ1) is 8.56. The molecule has 0 spiro atoms. The van der Waals surface area contributed by atoms with Crippen molar-refractivity contribution in [2.75, 3.05) is 0 Å². The van der Waals surface area contributed by atoms with E-state index in [1.165, 1.54) is 18.2 Å². The van der Waals surface area contributed by atoms with E-state index >= 15 is 0 Å². The van der Waals surface area contributed by atoms with E-state index in [9.17, 15) is 9.50 Å². The van der Waals surface area contributed by atoms with Crippen LogP contribution in [0.1, 0.15) is 23.1 Å². The summed E-state index contributed by atoms with van der Waals surface area (Å²) >= 11 is 5.79. The number of hydrogen-bond donors (Lipinski definition) is 1. The van der Waals surface area contributed by atoms with Crippen LogP contribution in [0.25, 0.3) is 0 Å². The smallest absolute Gasteiger partial charge is 0.157 e. The fourth-order valence-electron chi connectivity index (χ4n) is 1.57. The van der Waals surface area contributed by atoms with Crippen molar-refractivity contribution < 1.29 is 9.50 Å². The topological polar surface area (TPSA) is 46.0 Å². The fourth-order valence-corrected chi connectivity index (χ4v) is 1.77. The SMILES string of the molecule is Cc1cnc(C(O)Cc2cc(Cl)ccc2F)nc1. The van der Waals surface area contributed by atoms with E-state index in [0.717, 1.165) is 5.56 Å². The van der Waals surface area contributed by atoms with E-state index in [0.29, 0.717) is 10.6 Å². The Balaban J connectivity index is 2.18. The Labute approximate surface area is 109 Å². The lowest BCUT2D eigenvalue weighted by atomic mass is 10.1. The molecule has 2 rings (SSSR count). The zero-order valence-electron chi connectivity index (χ0n) is 9.77. The van der Waals surface area contributed by atoms with Gasteiger partial charge < -0.3 is 5.11 Å². The number of rotatable bonds is 3. The molecule has 0 bridgehead atoms. The van der Waals surface area contributed by atoms with Gasteiger partial charge in [-0.25, -0.2) is 14.4 Å². The van der Waals surface area contributed by atoms with Crippen molar-refractivity contribution in [3.05, 3.63) is 58.4 Å². The third-order valence-electron chi connectivity index (χ3n) is 2.52. The molecule has 0 saturated carbocycles. The Morgan fingerprint density at radius 1 is 1.33 bits per heavy atom. The molecule has 1 atom stereocenters. The zero-order chi connectivity index (χ0) is 13.1. The summed E-state index contributed by atoms with van der Waals surface area (Å²) in [5.74, 6) is -0.120. The van der Waals surface area contributed by atoms with E-state index in [1.54, 1.807) is 12.4 Å². The summed E-state index contributed by atoms with van der Waals surface area (Å²) < 4.78 is 13.5. The van der Waals surface area contributed by atoms with Crippen LogP contribution in [0.4, 0.5) is 4.39 Å². The van der Waals surface area contributed by atoms with Gasteiger partial charge in [-0.15, -0.1) is 0 Å². The zero-order valence-corrected chi connectivity index (χ0v) is 10.5. The van der Waals surface area contributed by atoms with E-state index in [2.05, 4.69) is 9.97 Å². The number of aliphatic hydroxyl groups excluding tert-OH is 1. The maximum absolute atomic E-state index is 13.5. The van der Waals surface area contributed by atoms with Crippen LogP contribution in [-0.2, 0) is 6.42 Å². The van der Waals surface area contributed by atoms with Gasteiger partial charge in [0.05, 0.1) is 0 Å². The van der Waals surface area contributed by atoms with E-state index in [-0.39, 0.29) is 12.2 Å². The Morgan fingerprint density at radius 3 is 2.67 bits per heavy atom. The number of benzene rings is 1. The van der Waals surface area contributed by atoms with Gasteiger partial charge in [0, 0.05) is 23.8 Å². The number of hydrogen-bond acceptors (Lipinski definition) is 3. The second kappa shape index (κ2) is 5.42. The Kier molecular flexibility index (Phi) is 3.89. The van der Waals surface area contributed by atoms with Gasteiger partial charge in [-0.3, -0.25) is 0 Å². The summed E-state index contributed by atoms with van der Waals surface area (Å²) in [5, 5.41) is 10.4. The van der Waals surface area contributed by atoms with Crippen LogP contribution >= 0.6 is 11.6 Å². The molecule has 5 heteroatoms. The van der Waals surface area contributed by atoms with Crippen LogP contribution in [0.3, 0.4) is 0 Å². The first-order valence-electron chi connectivity index (χ1n) is 5.47. The molecule has 0 fully saturated rings. The highest BCUT2D eigenvalue weighted by atomic mass is 35.5. The molecule has 0 amide bonds. The lowest BCUT2D eigenvalue weighted by Crippen LogP contribution is -2.08. The molecule has 3 nitrogen and oxygen atoms in total. The Morgan fingerprint density at radius 2 is 2.00 bits per heavy atom. The Hall–Kier alpha value is -1.52. The summed E-state index contributed by atoms with van der Waals surface area (Å²) in [6, 6.07) is 4.24. The average Bonchev–Trinajstić information content (AvgIpc) is 2.34. The van der Waals surface area contributed by atoms with Crippen LogP contribution in [0.15, 0.2) is 30.6 Å². The van der Waals surface area contributed by atoms with Crippen LogP contribution < -0.4 is 0 Å². The highest BCUT2D eigenvalue weighted by Crippen LogP contribution is 2.20. The number of aromatic nitrogens is 2. The van der Waals surface area contributed by atoms with Crippen LogP contribution in [-0.4, -0.2) is 15.1 Å². The minimum Gasteiger partial charge on any atom is -0.385 e. The number of aliphatic hydroxyl groups is 1. The molecule has 0 radical (unpaired) electrons. The molecule has 18 heavy (non-hydrogen) atoms. The predicted octanol–water partition coefficient (Wildman–Crippen LogP) is 2.85. The van der Waals surface area contributed by atoms with Gasteiger partial charge in [0.15, 0.2) is 5.82 Å². The second-order valence-corrected chi connectivity index (χ2v) is 4.51.